The van der Waals surface area contributed by atoms with Crippen LogP contribution in [0, 0.1) is 12.8 Å². The van der Waals surface area contributed by atoms with Crippen LogP contribution in [0.15, 0.2) is 40.9 Å². The largest absolute Gasteiger partial charge is 0.493 e. The number of aryl methyl sites for hydroxylation is 1. The van der Waals surface area contributed by atoms with Gasteiger partial charge in [-0.1, -0.05) is 23.4 Å². The van der Waals surface area contributed by atoms with Gasteiger partial charge in [0.15, 0.2) is 0 Å². The first-order valence-electron chi connectivity index (χ1n) is 10.2. The summed E-state index contributed by atoms with van der Waals surface area (Å²) >= 11 is 7.61. The Kier molecular flexibility index (Phi) is 6.99. The fourth-order valence-electron chi connectivity index (χ4n) is 3.40. The first kappa shape index (κ1) is 21.9. The number of rotatable bonds is 7. The van der Waals surface area contributed by atoms with Gasteiger partial charge in [-0.15, -0.1) is 0 Å². The Morgan fingerprint density at radius 2 is 2.26 bits per heavy atom. The van der Waals surface area contributed by atoms with E-state index in [-0.39, 0.29) is 17.3 Å². The van der Waals surface area contributed by atoms with E-state index in [0.29, 0.717) is 40.5 Å². The van der Waals surface area contributed by atoms with Crippen molar-refractivity contribution in [2.75, 3.05) is 19.8 Å². The van der Waals surface area contributed by atoms with Crippen LogP contribution >= 0.6 is 23.4 Å². The molecule has 1 unspecified atom stereocenters. The van der Waals surface area contributed by atoms with Gasteiger partial charge in [0.25, 0.3) is 5.91 Å². The van der Waals surface area contributed by atoms with Gasteiger partial charge in [0.1, 0.15) is 11.1 Å². The molecule has 4 rings (SSSR count). The zero-order chi connectivity index (χ0) is 21.8. The lowest BCUT2D eigenvalue weighted by Crippen LogP contribution is -2.27. The van der Waals surface area contributed by atoms with Gasteiger partial charge in [0, 0.05) is 24.3 Å². The van der Waals surface area contributed by atoms with Crippen molar-refractivity contribution in [1.82, 2.24) is 20.8 Å². The molecule has 2 aliphatic heterocycles. The van der Waals surface area contributed by atoms with Gasteiger partial charge in [-0.3, -0.25) is 4.79 Å². The predicted octanol–water partition coefficient (Wildman–Crippen LogP) is 4.06. The standard InChI is InChI=1S/C22H25ClN4O3S/c1-13-3-4-19(27-26-13)14(2)25-21(28)16-7-17(22-24-10-20(23)31-22)9-18(8-16)30-12-15-5-6-29-11-15/h3-4,7-10,14-15,22,24H,5-6,11-12H2,1-2H3,(H,25,28)/t14-,15+,22?/m1/s1. The number of hydrogen-bond donors (Lipinski definition) is 2. The van der Waals surface area contributed by atoms with Gasteiger partial charge >= 0.3 is 0 Å². The van der Waals surface area contributed by atoms with E-state index in [1.54, 1.807) is 12.3 Å². The van der Waals surface area contributed by atoms with Crippen molar-refractivity contribution in [3.05, 3.63) is 63.4 Å². The average molecular weight is 461 g/mol. The van der Waals surface area contributed by atoms with Gasteiger partial charge in [-0.25, -0.2) is 0 Å². The van der Waals surface area contributed by atoms with Gasteiger partial charge in [0.2, 0.25) is 0 Å². The Balaban J connectivity index is 1.51. The van der Waals surface area contributed by atoms with Crippen molar-refractivity contribution in [2.24, 2.45) is 5.92 Å². The molecule has 1 amide bonds. The molecule has 1 aromatic carbocycles. The maximum absolute atomic E-state index is 13.0. The van der Waals surface area contributed by atoms with Crippen LogP contribution in [0.25, 0.3) is 0 Å². The van der Waals surface area contributed by atoms with Crippen molar-refractivity contribution >= 4 is 29.3 Å². The van der Waals surface area contributed by atoms with Crippen LogP contribution in [0.2, 0.25) is 0 Å². The van der Waals surface area contributed by atoms with Crippen LogP contribution < -0.4 is 15.4 Å². The molecule has 1 saturated heterocycles. The lowest BCUT2D eigenvalue weighted by Gasteiger charge is -2.18. The first-order chi connectivity index (χ1) is 15.0. The number of nitrogens with zero attached hydrogens (tertiary/aromatic N) is 2. The second-order valence-electron chi connectivity index (χ2n) is 7.74. The molecule has 0 aliphatic carbocycles. The highest BCUT2D eigenvalue weighted by Gasteiger charge is 2.22. The van der Waals surface area contributed by atoms with Crippen molar-refractivity contribution in [2.45, 2.75) is 31.7 Å². The highest BCUT2D eigenvalue weighted by molar-refractivity contribution is 8.05. The summed E-state index contributed by atoms with van der Waals surface area (Å²) in [7, 11) is 0. The van der Waals surface area contributed by atoms with Crippen molar-refractivity contribution in [3.63, 3.8) is 0 Å². The van der Waals surface area contributed by atoms with Gasteiger partial charge < -0.3 is 20.1 Å². The summed E-state index contributed by atoms with van der Waals surface area (Å²) in [6, 6.07) is 9.06. The van der Waals surface area contributed by atoms with E-state index < -0.39 is 0 Å². The minimum absolute atomic E-state index is 0.0715. The zero-order valence-corrected chi connectivity index (χ0v) is 19.0. The molecule has 1 fully saturated rings. The number of thioether (sulfide) groups is 1. The second-order valence-corrected chi connectivity index (χ2v) is 9.52. The third-order valence-corrected chi connectivity index (χ3v) is 6.56. The summed E-state index contributed by atoms with van der Waals surface area (Å²) < 4.78 is 12.1. The molecule has 164 valence electrons. The molecule has 0 radical (unpaired) electrons. The SMILES string of the molecule is Cc1ccc([C@@H](C)NC(=O)c2cc(OC[C@H]3CCOC3)cc(C3NC=C(Cl)S3)c2)nn1. The molecule has 0 saturated carbocycles. The van der Waals surface area contributed by atoms with Gasteiger partial charge in [0.05, 0.1) is 35.0 Å². The first-order valence-corrected chi connectivity index (χ1v) is 11.5. The van der Waals surface area contributed by atoms with E-state index in [9.17, 15) is 4.79 Å². The molecule has 31 heavy (non-hydrogen) atoms. The number of benzene rings is 1. The summed E-state index contributed by atoms with van der Waals surface area (Å²) in [6.07, 6.45) is 2.75. The summed E-state index contributed by atoms with van der Waals surface area (Å²) in [5.41, 5.74) is 2.98. The topological polar surface area (TPSA) is 85.4 Å². The number of carbonyl (C=O) groups excluding carboxylic acids is 1. The predicted molar refractivity (Wildman–Crippen MR) is 121 cm³/mol. The number of ether oxygens (including phenoxy) is 2. The summed E-state index contributed by atoms with van der Waals surface area (Å²) in [4.78, 5) is 13.0. The monoisotopic (exact) mass is 460 g/mol. The fourth-order valence-corrected chi connectivity index (χ4v) is 4.50. The van der Waals surface area contributed by atoms with E-state index in [4.69, 9.17) is 21.1 Å². The fraction of sp³-hybridized carbons (Fsp3) is 0.409. The second kappa shape index (κ2) is 9.89. The van der Waals surface area contributed by atoms with Crippen LogP contribution in [-0.2, 0) is 4.74 Å². The van der Waals surface area contributed by atoms with Crippen molar-refractivity contribution in [3.8, 4) is 5.75 Å². The third kappa shape index (κ3) is 5.70. The van der Waals surface area contributed by atoms with Crippen LogP contribution in [0.4, 0.5) is 0 Å². The number of amides is 1. The maximum Gasteiger partial charge on any atom is 0.251 e. The molecule has 0 spiro atoms. The maximum atomic E-state index is 13.0. The minimum atomic E-state index is -0.278. The van der Waals surface area contributed by atoms with Crippen LogP contribution in [-0.4, -0.2) is 35.9 Å². The highest BCUT2D eigenvalue weighted by Crippen LogP contribution is 2.40. The van der Waals surface area contributed by atoms with E-state index in [2.05, 4.69) is 20.8 Å². The quantitative estimate of drug-likeness (QED) is 0.644. The Labute approximate surface area is 190 Å². The molecular weight excluding hydrogens is 436 g/mol. The Bertz CT molecular complexity index is 964. The molecule has 2 N–H and O–H groups in total. The molecule has 3 heterocycles. The molecule has 3 atom stereocenters. The lowest BCUT2D eigenvalue weighted by atomic mass is 10.1. The van der Waals surface area contributed by atoms with Crippen LogP contribution in [0.3, 0.4) is 0 Å². The molecular formula is C22H25ClN4O3S. The van der Waals surface area contributed by atoms with Crippen LogP contribution in [0.1, 0.15) is 52.1 Å². The lowest BCUT2D eigenvalue weighted by molar-refractivity contribution is 0.0938. The molecule has 2 aliphatic rings. The number of hydrogen-bond acceptors (Lipinski definition) is 7. The van der Waals surface area contributed by atoms with E-state index in [0.717, 1.165) is 24.3 Å². The highest BCUT2D eigenvalue weighted by atomic mass is 35.5. The van der Waals surface area contributed by atoms with Crippen LogP contribution in [0.5, 0.6) is 5.75 Å². The Morgan fingerprint density at radius 3 is 2.94 bits per heavy atom. The summed E-state index contributed by atoms with van der Waals surface area (Å²) in [5.74, 6) is 0.826. The van der Waals surface area contributed by atoms with Crippen molar-refractivity contribution < 1.29 is 14.3 Å². The number of nitrogens with one attached hydrogen (secondary N) is 2. The Morgan fingerprint density at radius 1 is 1.39 bits per heavy atom. The molecule has 2 aromatic rings. The van der Waals surface area contributed by atoms with Gasteiger partial charge in [-0.2, -0.15) is 10.2 Å². The van der Waals surface area contributed by atoms with Crippen molar-refractivity contribution in [1.29, 1.82) is 0 Å². The number of halogens is 1. The number of carbonyl (C=O) groups is 1. The van der Waals surface area contributed by atoms with E-state index in [1.165, 1.54) is 11.8 Å². The van der Waals surface area contributed by atoms with Gasteiger partial charge in [-0.05, 0) is 56.2 Å². The molecule has 1 aromatic heterocycles. The number of aromatic nitrogens is 2. The third-order valence-electron chi connectivity index (χ3n) is 5.19. The molecule has 9 heteroatoms. The minimum Gasteiger partial charge on any atom is -0.493 e. The average Bonchev–Trinajstić information content (AvgIpc) is 3.44. The van der Waals surface area contributed by atoms with E-state index >= 15 is 0 Å². The summed E-state index contributed by atoms with van der Waals surface area (Å²) in [5, 5.41) is 14.4. The Hall–Kier alpha value is -2.29. The molecule has 0 bridgehead atoms. The summed E-state index contributed by atoms with van der Waals surface area (Å²) in [6.45, 7) is 5.80. The zero-order valence-electron chi connectivity index (χ0n) is 17.4. The normalized spacial score (nSPS) is 21.3. The van der Waals surface area contributed by atoms with E-state index in [1.807, 2.05) is 38.1 Å². The smallest absolute Gasteiger partial charge is 0.251 e. The molecule has 7 nitrogen and oxygen atoms in total.